The molecule has 3 aromatic carbocycles. The second-order valence-electron chi connectivity index (χ2n) is 6.47. The minimum Gasteiger partial charge on any atom is -0.744 e. The maximum Gasteiger partial charge on any atom is 1.00 e. The molecule has 0 unspecified atom stereocenters. The molecule has 9 nitrogen and oxygen atoms in total. The molecule has 204 valence electrons. The number of phenols is 1. The van der Waals surface area contributed by atoms with Gasteiger partial charge in [0.05, 0.1) is 14.7 Å². The number of rotatable bonds is 3. The molecule has 0 aliphatic heterocycles. The van der Waals surface area contributed by atoms with Gasteiger partial charge in [0.15, 0.2) is 0 Å². The molecule has 0 heterocycles. The van der Waals surface area contributed by atoms with Crippen LogP contribution in [0.1, 0.15) is 33.4 Å². The molecule has 0 atom stereocenters. The van der Waals surface area contributed by atoms with Crippen molar-refractivity contribution in [3.63, 3.8) is 0 Å². The number of hydrogen-bond donors (Lipinski definition) is 1. The molecule has 0 aromatic heterocycles. The summed E-state index contributed by atoms with van der Waals surface area (Å²) in [7, 11) is -7.11. The van der Waals surface area contributed by atoms with Crippen molar-refractivity contribution < 1.29 is 98.6 Å². The molecule has 0 amide bonds. The van der Waals surface area contributed by atoms with E-state index in [2.05, 4.69) is 0 Å². The van der Waals surface area contributed by atoms with Crippen LogP contribution >= 0.6 is 10.7 Å². The van der Waals surface area contributed by atoms with Crippen molar-refractivity contribution in [3.05, 3.63) is 83.9 Å². The molecule has 3 aromatic rings. The summed E-state index contributed by atoms with van der Waals surface area (Å²) in [6.07, 6.45) is 0. The van der Waals surface area contributed by atoms with E-state index in [0.717, 1.165) is 35.4 Å². The molecular formula is C23H31ClNa2O9S3. The van der Waals surface area contributed by atoms with E-state index < -0.39 is 29.3 Å². The van der Waals surface area contributed by atoms with Gasteiger partial charge in [-0.2, -0.15) is 0 Å². The topological polar surface area (TPSA) is 169 Å². The summed E-state index contributed by atoms with van der Waals surface area (Å²) in [6, 6.07) is 16.6. The van der Waals surface area contributed by atoms with Crippen LogP contribution in [0, 0.1) is 13.8 Å². The fourth-order valence-electron chi connectivity index (χ4n) is 2.02. The third-order valence-electron chi connectivity index (χ3n) is 3.74. The molecule has 0 aliphatic carbocycles. The fraction of sp³-hybridized carbons (Fsp3) is 0.217. The Bertz CT molecular complexity index is 1200. The summed E-state index contributed by atoms with van der Waals surface area (Å²) < 4.78 is 83.5. The van der Waals surface area contributed by atoms with Gasteiger partial charge >= 0.3 is 59.1 Å². The summed E-state index contributed by atoms with van der Waals surface area (Å²) >= 11 is 0. The standard InChI is InChI=1S/C7H7ClO2S.C7H8O3S.C6H6O4S.3CH4.2Na/c2*1-6-2-4-7(5-3-6)11(8,9)10;7-5-1-3-6(4-2-5)11(8,9)10;;;;;/h2-5H,1H3;2-5H,1H3,(H,8,9,10);1-4,7H,(H,8,9,10);3*1H4;;/q;;;;;;2*+1/p-2. The second kappa shape index (κ2) is 20.4. The number of halogens is 1. The van der Waals surface area contributed by atoms with Crippen molar-refractivity contribution >= 4 is 40.0 Å². The molecule has 0 aliphatic rings. The predicted octanol–water partition coefficient (Wildman–Crippen LogP) is -0.966. The zero-order valence-electron chi connectivity index (χ0n) is 19.2. The average Bonchev–Trinajstić information content (AvgIpc) is 2.68. The molecule has 0 saturated heterocycles. The Morgan fingerprint density at radius 1 is 0.553 bits per heavy atom. The molecule has 3 rings (SSSR count). The molecule has 0 spiro atoms. The summed E-state index contributed by atoms with van der Waals surface area (Å²) in [5.41, 5.74) is 1.94. The molecular weight excluding hydrogens is 598 g/mol. The van der Waals surface area contributed by atoms with E-state index >= 15 is 0 Å². The minimum absolute atomic E-state index is 0. The van der Waals surface area contributed by atoms with Crippen molar-refractivity contribution in [1.29, 1.82) is 0 Å². The number of aromatic hydroxyl groups is 1. The van der Waals surface area contributed by atoms with Gasteiger partial charge in [0.2, 0.25) is 0 Å². The molecule has 0 radical (unpaired) electrons. The molecule has 0 bridgehead atoms. The van der Waals surface area contributed by atoms with E-state index in [1.165, 1.54) is 24.3 Å². The Morgan fingerprint density at radius 2 is 0.789 bits per heavy atom. The Morgan fingerprint density at radius 3 is 1.03 bits per heavy atom. The average molecular weight is 629 g/mol. The molecule has 0 fully saturated rings. The largest absolute Gasteiger partial charge is 1.00 e. The Labute approximate surface area is 276 Å². The van der Waals surface area contributed by atoms with Crippen molar-refractivity contribution in [3.8, 4) is 5.75 Å². The number of benzene rings is 3. The van der Waals surface area contributed by atoms with Crippen molar-refractivity contribution in [2.45, 2.75) is 50.8 Å². The third-order valence-corrected chi connectivity index (χ3v) is 6.81. The van der Waals surface area contributed by atoms with Gasteiger partial charge in [-0.15, -0.1) is 0 Å². The van der Waals surface area contributed by atoms with Gasteiger partial charge in [0.1, 0.15) is 26.0 Å². The molecule has 38 heavy (non-hydrogen) atoms. The molecule has 0 saturated carbocycles. The van der Waals surface area contributed by atoms with Crippen molar-refractivity contribution in [1.82, 2.24) is 0 Å². The van der Waals surface area contributed by atoms with Crippen LogP contribution in [-0.4, -0.2) is 39.5 Å². The predicted molar refractivity (Wildman–Crippen MR) is 140 cm³/mol. The Hall–Kier alpha value is -0.480. The summed E-state index contributed by atoms with van der Waals surface area (Å²) in [5.74, 6) is -0.0719. The van der Waals surface area contributed by atoms with Gasteiger partial charge < -0.3 is 14.2 Å². The van der Waals surface area contributed by atoms with E-state index in [4.69, 9.17) is 15.8 Å². The number of phenolic OH excluding ortho intramolecular Hbond substituents is 1. The van der Waals surface area contributed by atoms with Crippen LogP contribution in [0.25, 0.3) is 0 Å². The van der Waals surface area contributed by atoms with Crippen LogP contribution in [0.15, 0.2) is 87.5 Å². The summed E-state index contributed by atoms with van der Waals surface area (Å²) in [5, 5.41) is 8.73. The van der Waals surface area contributed by atoms with E-state index in [9.17, 15) is 34.4 Å². The SMILES string of the molecule is C.C.C.Cc1ccc(S(=O)(=O)Cl)cc1.Cc1ccc(S(=O)(=O)[O-])cc1.O=S(=O)([O-])c1ccc(O)cc1.[Na+].[Na+]. The summed E-state index contributed by atoms with van der Waals surface area (Å²) in [6.45, 7) is 3.70. The maximum atomic E-state index is 10.7. The zero-order valence-corrected chi connectivity index (χ0v) is 26.4. The van der Waals surface area contributed by atoms with Crippen LogP contribution < -0.4 is 59.1 Å². The first kappa shape index (κ1) is 47.3. The van der Waals surface area contributed by atoms with E-state index in [-0.39, 0.29) is 102 Å². The first-order valence-corrected chi connectivity index (χ1v) is 13.9. The van der Waals surface area contributed by atoms with Crippen molar-refractivity contribution in [2.24, 2.45) is 0 Å². The first-order valence-electron chi connectivity index (χ1n) is 8.79. The van der Waals surface area contributed by atoms with E-state index in [0.29, 0.717) is 0 Å². The van der Waals surface area contributed by atoms with Gasteiger partial charge in [0.25, 0.3) is 9.05 Å². The Balaban J connectivity index is -0.000000134. The monoisotopic (exact) mass is 628 g/mol. The smallest absolute Gasteiger partial charge is 0.744 e. The zero-order chi connectivity index (χ0) is 25.4. The van der Waals surface area contributed by atoms with Crippen LogP contribution in [-0.2, 0) is 29.3 Å². The van der Waals surface area contributed by atoms with Gasteiger partial charge in [-0.1, -0.05) is 57.7 Å². The first-order chi connectivity index (χ1) is 15.0. The normalized spacial score (nSPS) is 9.92. The van der Waals surface area contributed by atoms with E-state index in [1.54, 1.807) is 24.3 Å². The second-order valence-corrected chi connectivity index (χ2v) is 11.8. The quantitative estimate of drug-likeness (QED) is 0.218. The van der Waals surface area contributed by atoms with Crippen LogP contribution in [0.4, 0.5) is 0 Å². The molecule has 15 heteroatoms. The van der Waals surface area contributed by atoms with Gasteiger partial charge in [-0.3, -0.25) is 0 Å². The summed E-state index contributed by atoms with van der Waals surface area (Å²) in [4.78, 5) is -0.372. The number of aryl methyl sites for hydroxylation is 2. The van der Waals surface area contributed by atoms with Gasteiger partial charge in [0, 0.05) is 10.7 Å². The van der Waals surface area contributed by atoms with Gasteiger partial charge in [-0.05, 0) is 62.4 Å². The third kappa shape index (κ3) is 18.7. The van der Waals surface area contributed by atoms with Crippen molar-refractivity contribution in [2.75, 3.05) is 0 Å². The van der Waals surface area contributed by atoms with Crippen LogP contribution in [0.2, 0.25) is 0 Å². The van der Waals surface area contributed by atoms with E-state index in [1.807, 2.05) is 13.8 Å². The van der Waals surface area contributed by atoms with Gasteiger partial charge in [-0.25, -0.2) is 25.3 Å². The van der Waals surface area contributed by atoms with Crippen LogP contribution in [0.3, 0.4) is 0 Å². The molecule has 1 N–H and O–H groups in total. The maximum absolute atomic E-state index is 10.7. The fourth-order valence-corrected chi connectivity index (χ4v) is 3.73. The van der Waals surface area contributed by atoms with Crippen LogP contribution in [0.5, 0.6) is 5.75 Å². The minimum atomic E-state index is -4.38. The Kier molecular flexibility index (Phi) is 25.4. The number of hydrogen-bond acceptors (Lipinski definition) is 9.